The highest BCUT2D eigenvalue weighted by molar-refractivity contribution is 9.10. The zero-order valence-corrected chi connectivity index (χ0v) is 11.0. The summed E-state index contributed by atoms with van der Waals surface area (Å²) in [5.74, 6) is 1.48. The fourth-order valence-corrected chi connectivity index (χ4v) is 2.32. The second kappa shape index (κ2) is 5.34. The number of aliphatic imine (C=N–C) groups is 1. The molecule has 5 heteroatoms. The molecule has 1 aromatic rings. The summed E-state index contributed by atoms with van der Waals surface area (Å²) in [7, 11) is 0. The van der Waals surface area contributed by atoms with Gasteiger partial charge in [0.05, 0.1) is 24.2 Å². The Kier molecular flexibility index (Phi) is 3.82. The third-order valence-electron chi connectivity index (χ3n) is 2.64. The van der Waals surface area contributed by atoms with Crippen molar-refractivity contribution in [3.05, 3.63) is 21.7 Å². The van der Waals surface area contributed by atoms with E-state index in [0.29, 0.717) is 19.8 Å². The van der Waals surface area contributed by atoms with Gasteiger partial charge in [-0.15, -0.1) is 0 Å². The highest BCUT2D eigenvalue weighted by Crippen LogP contribution is 2.41. The molecule has 90 valence electrons. The van der Waals surface area contributed by atoms with Gasteiger partial charge in [-0.3, -0.25) is 0 Å². The van der Waals surface area contributed by atoms with E-state index in [9.17, 15) is 4.79 Å². The van der Waals surface area contributed by atoms with Gasteiger partial charge in [0.15, 0.2) is 11.5 Å². The lowest BCUT2D eigenvalue weighted by Crippen LogP contribution is -1.99. The van der Waals surface area contributed by atoms with Gasteiger partial charge in [0.2, 0.25) is 6.08 Å². The van der Waals surface area contributed by atoms with Crippen LogP contribution in [-0.2, 0) is 11.3 Å². The summed E-state index contributed by atoms with van der Waals surface area (Å²) in [6.45, 7) is 3.54. The molecule has 0 radical (unpaired) electrons. The van der Waals surface area contributed by atoms with Crippen molar-refractivity contribution in [2.24, 2.45) is 4.99 Å². The van der Waals surface area contributed by atoms with E-state index in [-0.39, 0.29) is 0 Å². The van der Waals surface area contributed by atoms with E-state index < -0.39 is 0 Å². The number of nitrogens with zero attached hydrogens (tertiary/aromatic N) is 1. The zero-order chi connectivity index (χ0) is 12.3. The van der Waals surface area contributed by atoms with Crippen LogP contribution in [0.4, 0.5) is 0 Å². The van der Waals surface area contributed by atoms with E-state index in [4.69, 9.17) is 9.47 Å². The van der Waals surface area contributed by atoms with Crippen LogP contribution in [0.1, 0.15) is 17.5 Å². The fourth-order valence-electron chi connectivity index (χ4n) is 1.75. The molecule has 17 heavy (non-hydrogen) atoms. The van der Waals surface area contributed by atoms with Crippen LogP contribution >= 0.6 is 15.9 Å². The highest BCUT2D eigenvalue weighted by atomic mass is 79.9. The van der Waals surface area contributed by atoms with Gasteiger partial charge in [0.25, 0.3) is 0 Å². The molecule has 0 saturated heterocycles. The first-order chi connectivity index (χ1) is 8.24. The fraction of sp³-hybridized carbons (Fsp3) is 0.417. The van der Waals surface area contributed by atoms with E-state index in [1.165, 1.54) is 0 Å². The molecule has 0 aromatic heterocycles. The number of benzene rings is 1. The van der Waals surface area contributed by atoms with Gasteiger partial charge in [-0.25, -0.2) is 9.79 Å². The van der Waals surface area contributed by atoms with Crippen LogP contribution < -0.4 is 9.47 Å². The van der Waals surface area contributed by atoms with Crippen molar-refractivity contribution in [2.75, 3.05) is 13.2 Å². The summed E-state index contributed by atoms with van der Waals surface area (Å²) in [6, 6.07) is 1.91. The van der Waals surface area contributed by atoms with E-state index in [1.807, 2.05) is 13.0 Å². The minimum Gasteiger partial charge on any atom is -0.489 e. The lowest BCUT2D eigenvalue weighted by Gasteiger charge is -2.14. The molecule has 1 aliphatic heterocycles. The molecule has 0 saturated carbocycles. The number of ether oxygens (including phenoxy) is 2. The number of halogens is 1. The molecule has 0 spiro atoms. The zero-order valence-electron chi connectivity index (χ0n) is 9.46. The smallest absolute Gasteiger partial charge is 0.235 e. The summed E-state index contributed by atoms with van der Waals surface area (Å²) in [4.78, 5) is 13.8. The van der Waals surface area contributed by atoms with E-state index in [1.54, 1.807) is 6.08 Å². The normalized spacial score (nSPS) is 13.8. The van der Waals surface area contributed by atoms with Crippen LogP contribution in [0.15, 0.2) is 15.5 Å². The molecule has 0 bridgehead atoms. The van der Waals surface area contributed by atoms with Crippen LogP contribution in [0.25, 0.3) is 0 Å². The standard InChI is InChI=1S/C12H12BrNO3/c1-8-9(6-14-7-15)5-10(13)12-11(8)16-3-2-4-17-12/h5H,2-4,6H2,1H3. The quantitative estimate of drug-likeness (QED) is 0.623. The topological polar surface area (TPSA) is 47.9 Å². The average molecular weight is 298 g/mol. The summed E-state index contributed by atoms with van der Waals surface area (Å²) in [5.41, 5.74) is 1.90. The molecule has 0 aliphatic carbocycles. The van der Waals surface area contributed by atoms with Crippen LogP contribution in [0.5, 0.6) is 11.5 Å². The van der Waals surface area contributed by atoms with Gasteiger partial charge in [-0.1, -0.05) is 0 Å². The predicted octanol–water partition coefficient (Wildman–Crippen LogP) is 2.75. The molecule has 0 N–H and O–H groups in total. The molecule has 2 rings (SSSR count). The van der Waals surface area contributed by atoms with Crippen molar-refractivity contribution >= 4 is 22.0 Å². The molecule has 0 amide bonds. The van der Waals surface area contributed by atoms with E-state index >= 15 is 0 Å². The predicted molar refractivity (Wildman–Crippen MR) is 66.3 cm³/mol. The Bertz CT molecular complexity index is 481. The minimum atomic E-state index is 0.310. The number of hydrogen-bond donors (Lipinski definition) is 0. The maximum absolute atomic E-state index is 10.2. The Morgan fingerprint density at radius 2 is 2.12 bits per heavy atom. The molecular formula is C12H12BrNO3. The second-order valence-electron chi connectivity index (χ2n) is 3.76. The van der Waals surface area contributed by atoms with Crippen LogP contribution in [0.2, 0.25) is 0 Å². The van der Waals surface area contributed by atoms with Crippen molar-refractivity contribution < 1.29 is 14.3 Å². The van der Waals surface area contributed by atoms with Crippen molar-refractivity contribution in [2.45, 2.75) is 19.9 Å². The number of carbonyl (C=O) groups excluding carboxylic acids is 1. The molecule has 0 atom stereocenters. The van der Waals surface area contributed by atoms with Gasteiger partial charge in [0, 0.05) is 12.0 Å². The van der Waals surface area contributed by atoms with E-state index in [0.717, 1.165) is 33.5 Å². The molecular weight excluding hydrogens is 286 g/mol. The Morgan fingerprint density at radius 3 is 2.82 bits per heavy atom. The summed E-state index contributed by atoms with van der Waals surface area (Å²) >= 11 is 3.45. The first-order valence-corrected chi connectivity index (χ1v) is 6.14. The number of hydrogen-bond acceptors (Lipinski definition) is 4. The average Bonchev–Trinajstić information content (AvgIpc) is 2.58. The molecule has 0 unspecified atom stereocenters. The monoisotopic (exact) mass is 297 g/mol. The number of rotatable bonds is 2. The lowest BCUT2D eigenvalue weighted by atomic mass is 10.1. The summed E-state index contributed by atoms with van der Waals surface area (Å²) in [6.07, 6.45) is 2.41. The van der Waals surface area contributed by atoms with E-state index in [2.05, 4.69) is 20.9 Å². The number of isocyanates is 1. The van der Waals surface area contributed by atoms with Crippen LogP contribution in [-0.4, -0.2) is 19.3 Å². The largest absolute Gasteiger partial charge is 0.489 e. The van der Waals surface area contributed by atoms with Crippen LogP contribution in [0, 0.1) is 6.92 Å². The Labute approximate surface area is 108 Å². The summed E-state index contributed by atoms with van der Waals surface area (Å²) in [5, 5.41) is 0. The highest BCUT2D eigenvalue weighted by Gasteiger charge is 2.19. The van der Waals surface area contributed by atoms with Crippen LogP contribution in [0.3, 0.4) is 0 Å². The lowest BCUT2D eigenvalue weighted by molar-refractivity contribution is 0.296. The third-order valence-corrected chi connectivity index (χ3v) is 3.23. The van der Waals surface area contributed by atoms with Crippen molar-refractivity contribution in [1.29, 1.82) is 0 Å². The molecule has 1 aromatic carbocycles. The Balaban J connectivity index is 2.48. The first-order valence-electron chi connectivity index (χ1n) is 5.35. The summed E-state index contributed by atoms with van der Waals surface area (Å²) < 4.78 is 12.2. The maximum atomic E-state index is 10.2. The Morgan fingerprint density at radius 1 is 1.41 bits per heavy atom. The molecule has 0 fully saturated rings. The van der Waals surface area contributed by atoms with Gasteiger partial charge < -0.3 is 9.47 Å². The maximum Gasteiger partial charge on any atom is 0.235 e. The van der Waals surface area contributed by atoms with Gasteiger partial charge in [0.1, 0.15) is 0 Å². The Hall–Kier alpha value is -1.32. The molecule has 1 aliphatic rings. The van der Waals surface area contributed by atoms with Crippen molar-refractivity contribution in [3.8, 4) is 11.5 Å². The van der Waals surface area contributed by atoms with Gasteiger partial charge in [-0.05, 0) is 34.5 Å². The third kappa shape index (κ3) is 2.51. The minimum absolute atomic E-state index is 0.310. The van der Waals surface area contributed by atoms with Gasteiger partial charge >= 0.3 is 0 Å². The van der Waals surface area contributed by atoms with Crippen molar-refractivity contribution in [1.82, 2.24) is 0 Å². The molecule has 1 heterocycles. The molecule has 4 nitrogen and oxygen atoms in total. The second-order valence-corrected chi connectivity index (χ2v) is 4.61. The van der Waals surface area contributed by atoms with Crippen molar-refractivity contribution in [3.63, 3.8) is 0 Å². The SMILES string of the molecule is Cc1c(CN=C=O)cc(Br)c2c1OCCCO2. The number of fused-ring (bicyclic) bond motifs is 1. The van der Waals surface area contributed by atoms with Gasteiger partial charge in [-0.2, -0.15) is 0 Å². The first kappa shape index (κ1) is 12.1.